The number of ether oxygens (including phenoxy) is 1. The average molecular weight is 507 g/mol. The second kappa shape index (κ2) is 8.54. The van der Waals surface area contributed by atoms with E-state index in [0.29, 0.717) is 0 Å². The van der Waals surface area contributed by atoms with Crippen molar-refractivity contribution in [2.75, 3.05) is 11.9 Å². The molecule has 3 rings (SSSR count). The van der Waals surface area contributed by atoms with Crippen LogP contribution in [0.1, 0.15) is 12.6 Å². The topological polar surface area (TPSA) is 250 Å². The number of anilines is 1. The number of halogens is 1. The normalized spacial score (nSPS) is 28.5. The van der Waals surface area contributed by atoms with E-state index >= 15 is 0 Å². The molecule has 0 amide bonds. The summed E-state index contributed by atoms with van der Waals surface area (Å²) in [5, 5.41) is 10.1. The number of nitrogen functional groups attached to an aromatic ring is 1. The minimum absolute atomic E-state index is 0.0265. The number of aliphatic hydroxyl groups is 1. The second-order valence-electron chi connectivity index (χ2n) is 6.36. The summed E-state index contributed by atoms with van der Waals surface area (Å²) in [6.07, 6.45) is -5.79. The van der Waals surface area contributed by atoms with Crippen LogP contribution in [0.15, 0.2) is 12.7 Å². The maximum Gasteiger partial charge on any atom is 0.488 e. The van der Waals surface area contributed by atoms with Crippen LogP contribution in [-0.4, -0.2) is 68.7 Å². The minimum Gasteiger partial charge on any atom is -0.387 e. The van der Waals surface area contributed by atoms with Gasteiger partial charge in [-0.15, -0.1) is 0 Å². The molecule has 2 unspecified atom stereocenters. The Labute approximate surface area is 172 Å². The molecule has 0 radical (unpaired) electrons. The van der Waals surface area contributed by atoms with Crippen molar-refractivity contribution in [3.8, 4) is 0 Å². The van der Waals surface area contributed by atoms with E-state index in [9.17, 15) is 33.0 Å². The lowest BCUT2D eigenvalue weighted by Gasteiger charge is -2.19. The highest BCUT2D eigenvalue weighted by Gasteiger charge is 2.47. The van der Waals surface area contributed by atoms with Crippen molar-refractivity contribution in [1.29, 1.82) is 0 Å². The first kappa shape index (κ1) is 24.3. The van der Waals surface area contributed by atoms with Crippen molar-refractivity contribution < 1.29 is 56.1 Å². The monoisotopic (exact) mass is 507 g/mol. The van der Waals surface area contributed by atoms with E-state index in [-0.39, 0.29) is 17.0 Å². The van der Waals surface area contributed by atoms with Crippen LogP contribution >= 0.6 is 23.2 Å². The van der Waals surface area contributed by atoms with Gasteiger partial charge in [-0.25, -0.2) is 32.8 Å². The van der Waals surface area contributed by atoms with E-state index in [1.165, 1.54) is 0 Å². The van der Waals surface area contributed by atoms with Gasteiger partial charge in [-0.1, -0.05) is 0 Å². The van der Waals surface area contributed by atoms with Gasteiger partial charge >= 0.3 is 23.2 Å². The Balaban J connectivity index is 1.69. The Morgan fingerprint density at radius 2 is 1.84 bits per heavy atom. The average Bonchev–Trinajstić information content (AvgIpc) is 3.13. The van der Waals surface area contributed by atoms with Gasteiger partial charge in [0.1, 0.15) is 17.9 Å². The summed E-state index contributed by atoms with van der Waals surface area (Å²) >= 11 is 0. The summed E-state index contributed by atoms with van der Waals surface area (Å²) in [4.78, 5) is 47.5. The smallest absolute Gasteiger partial charge is 0.387 e. The number of hydrogen-bond donors (Lipinski definition) is 6. The number of imidazole rings is 1. The number of hydrogen-bond acceptors (Lipinski definition) is 11. The Hall–Kier alpha value is -1.35. The highest BCUT2D eigenvalue weighted by Crippen LogP contribution is 2.66. The molecule has 31 heavy (non-hydrogen) atoms. The predicted octanol–water partition coefficient (Wildman–Crippen LogP) is -0.193. The molecule has 174 valence electrons. The van der Waals surface area contributed by atoms with Gasteiger partial charge < -0.3 is 35.2 Å². The second-order valence-corrected chi connectivity index (χ2v) is 11.3. The van der Waals surface area contributed by atoms with Crippen molar-refractivity contribution in [3.05, 3.63) is 12.7 Å². The number of rotatable bonds is 8. The Morgan fingerprint density at radius 3 is 2.48 bits per heavy atom. The van der Waals surface area contributed by atoms with Gasteiger partial charge in [0.25, 0.3) is 0 Å². The van der Waals surface area contributed by atoms with Gasteiger partial charge in [0.15, 0.2) is 23.9 Å². The molecule has 1 aliphatic rings. The molecule has 1 fully saturated rings. The molecular weight excluding hydrogens is 490 g/mol. The molecule has 20 heteroatoms. The first-order valence-electron chi connectivity index (χ1n) is 8.22. The quantitative estimate of drug-likeness (QED) is 0.253. The van der Waals surface area contributed by atoms with Gasteiger partial charge in [0.2, 0.25) is 0 Å². The molecule has 0 aromatic carbocycles. The van der Waals surface area contributed by atoms with Crippen LogP contribution in [0.3, 0.4) is 0 Å². The van der Waals surface area contributed by atoms with Crippen molar-refractivity contribution in [3.63, 3.8) is 0 Å². The molecule has 0 spiro atoms. The van der Waals surface area contributed by atoms with Crippen LogP contribution in [0.5, 0.6) is 0 Å². The van der Waals surface area contributed by atoms with Crippen molar-refractivity contribution in [1.82, 2.24) is 19.5 Å². The van der Waals surface area contributed by atoms with Crippen molar-refractivity contribution in [2.24, 2.45) is 0 Å². The van der Waals surface area contributed by atoms with E-state index < -0.39 is 60.4 Å². The van der Waals surface area contributed by atoms with Crippen molar-refractivity contribution in [2.45, 2.75) is 31.0 Å². The Kier molecular flexibility index (Phi) is 6.69. The molecule has 0 bridgehead atoms. The van der Waals surface area contributed by atoms with Crippen LogP contribution in [0.4, 0.5) is 10.2 Å². The molecule has 2 aromatic heterocycles. The fraction of sp³-hybridized carbons (Fsp3) is 0.545. The SMILES string of the molecule is Nc1ncnc2c1ncn2[C@@H]1O[C@H](CCP(=O)(O)OP(=O)(O)OP(=O)(O)O)[C@@H](O)[C@H]1F. The first-order chi connectivity index (χ1) is 14.2. The summed E-state index contributed by atoms with van der Waals surface area (Å²) in [7, 11) is -16.1. The van der Waals surface area contributed by atoms with Crippen LogP contribution < -0.4 is 5.73 Å². The van der Waals surface area contributed by atoms with Crippen LogP contribution in [0, 0.1) is 0 Å². The molecule has 6 atom stereocenters. The van der Waals surface area contributed by atoms with Crippen LogP contribution in [0.2, 0.25) is 0 Å². The number of nitrogens with zero attached hydrogens (tertiary/aromatic N) is 4. The summed E-state index contributed by atoms with van der Waals surface area (Å²) < 4.78 is 62.6. The zero-order valence-electron chi connectivity index (χ0n) is 15.1. The lowest BCUT2D eigenvalue weighted by atomic mass is 10.1. The van der Waals surface area contributed by atoms with Crippen LogP contribution in [-0.2, 0) is 27.1 Å². The summed E-state index contributed by atoms with van der Waals surface area (Å²) in [5.41, 5.74) is 5.93. The first-order valence-corrected chi connectivity index (χ1v) is 13.0. The Bertz CT molecular complexity index is 1110. The number of phosphoric acid groups is 2. The lowest BCUT2D eigenvalue weighted by molar-refractivity contribution is -0.0238. The van der Waals surface area contributed by atoms with Crippen LogP contribution in [0.25, 0.3) is 11.2 Å². The molecule has 3 heterocycles. The number of alkyl halides is 1. The minimum atomic E-state index is -5.60. The van der Waals surface area contributed by atoms with E-state index in [4.69, 9.17) is 20.3 Å². The summed E-state index contributed by atoms with van der Waals surface area (Å²) in [6, 6.07) is 0. The third kappa shape index (κ3) is 5.72. The lowest BCUT2D eigenvalue weighted by Crippen LogP contribution is -2.29. The zero-order chi connectivity index (χ0) is 23.2. The molecule has 1 aliphatic heterocycles. The molecule has 0 aliphatic carbocycles. The van der Waals surface area contributed by atoms with Gasteiger partial charge in [-0.2, -0.15) is 4.31 Å². The number of aliphatic hydroxyl groups excluding tert-OH is 1. The summed E-state index contributed by atoms with van der Waals surface area (Å²) in [6.45, 7) is 0. The number of aromatic nitrogens is 4. The van der Waals surface area contributed by atoms with E-state index in [0.717, 1.165) is 17.2 Å². The Morgan fingerprint density at radius 1 is 1.16 bits per heavy atom. The molecule has 1 saturated heterocycles. The maximum atomic E-state index is 14.6. The number of fused-ring (bicyclic) bond motifs is 1. The molecule has 16 nitrogen and oxygen atoms in total. The standard InChI is InChI=1S/C11H17FN5O11P3/c12-6-8(18)5(1-2-29(19,20)27-31(24,25)28-30(21,22)23)26-11(6)17-4-16-7-9(13)14-3-15-10(7)17/h3-6,8,11,18H,1-2H2,(H,19,20)(H,24,25)(H2,13,14,15)(H2,21,22,23)/t5-,6-,8-,11-/m1/s1. The molecule has 2 aromatic rings. The predicted molar refractivity (Wildman–Crippen MR) is 97.9 cm³/mol. The fourth-order valence-electron chi connectivity index (χ4n) is 2.86. The third-order valence-electron chi connectivity index (χ3n) is 4.09. The highest BCUT2D eigenvalue weighted by molar-refractivity contribution is 7.68. The maximum absolute atomic E-state index is 14.6. The van der Waals surface area contributed by atoms with Gasteiger partial charge in [-0.3, -0.25) is 9.13 Å². The largest absolute Gasteiger partial charge is 0.488 e. The molecule has 0 saturated carbocycles. The fourth-order valence-corrected chi connectivity index (χ4v) is 6.52. The zero-order valence-corrected chi connectivity index (χ0v) is 17.8. The molecular formula is C11H17FN5O11P3. The molecule has 7 N–H and O–H groups in total. The van der Waals surface area contributed by atoms with Crippen molar-refractivity contribution >= 4 is 40.2 Å². The van der Waals surface area contributed by atoms with E-state index in [1.54, 1.807) is 0 Å². The van der Waals surface area contributed by atoms with Gasteiger partial charge in [0.05, 0.1) is 18.6 Å². The highest BCUT2D eigenvalue weighted by atomic mass is 31.3. The summed E-state index contributed by atoms with van der Waals surface area (Å²) in [5.74, 6) is 0.0265. The number of nitrogens with two attached hydrogens (primary N) is 1. The van der Waals surface area contributed by atoms with E-state index in [2.05, 4.69) is 23.6 Å². The van der Waals surface area contributed by atoms with E-state index in [1.807, 2.05) is 0 Å². The van der Waals surface area contributed by atoms with Gasteiger partial charge in [0, 0.05) is 0 Å². The third-order valence-corrected chi connectivity index (χ3v) is 8.44. The van der Waals surface area contributed by atoms with Gasteiger partial charge in [-0.05, 0) is 6.42 Å².